The average molecular weight is 273 g/mol. The predicted molar refractivity (Wildman–Crippen MR) is 74.9 cm³/mol. The summed E-state index contributed by atoms with van der Waals surface area (Å²) in [5.41, 5.74) is 0.847. The second kappa shape index (κ2) is 6.70. The fraction of sp³-hybridized carbons (Fsp3) is 0.188. The van der Waals surface area contributed by atoms with Gasteiger partial charge in [0.05, 0.1) is 6.04 Å². The van der Waals surface area contributed by atoms with Crippen LogP contribution in [0, 0.1) is 5.82 Å². The zero-order valence-corrected chi connectivity index (χ0v) is 11.2. The Morgan fingerprint density at radius 1 is 1.15 bits per heavy atom. The van der Waals surface area contributed by atoms with Gasteiger partial charge in [0.25, 0.3) is 5.91 Å². The lowest BCUT2D eigenvalue weighted by Crippen LogP contribution is -2.31. The number of rotatable bonds is 5. The van der Waals surface area contributed by atoms with Gasteiger partial charge in [-0.2, -0.15) is 0 Å². The standard InChI is InChI=1S/C16H16FNO2/c1-12(13-7-9-14(17)10-8-13)18-16(19)11-20-15-5-3-2-4-6-15/h2-10,12H,11H2,1H3,(H,18,19)/t12-/m1/s1. The van der Waals surface area contributed by atoms with Crippen molar-refractivity contribution in [1.29, 1.82) is 0 Å². The summed E-state index contributed by atoms with van der Waals surface area (Å²) in [6.07, 6.45) is 0. The molecule has 0 spiro atoms. The number of amides is 1. The minimum absolute atomic E-state index is 0.0461. The van der Waals surface area contributed by atoms with Crippen LogP contribution in [0.1, 0.15) is 18.5 Å². The highest BCUT2D eigenvalue weighted by atomic mass is 19.1. The highest BCUT2D eigenvalue weighted by Gasteiger charge is 2.10. The van der Waals surface area contributed by atoms with E-state index < -0.39 is 0 Å². The van der Waals surface area contributed by atoms with Gasteiger partial charge in [-0.25, -0.2) is 4.39 Å². The Hall–Kier alpha value is -2.36. The van der Waals surface area contributed by atoms with E-state index in [0.29, 0.717) is 5.75 Å². The first-order valence-corrected chi connectivity index (χ1v) is 6.38. The van der Waals surface area contributed by atoms with Crippen molar-refractivity contribution >= 4 is 5.91 Å². The van der Waals surface area contributed by atoms with E-state index in [1.165, 1.54) is 12.1 Å². The molecule has 0 heterocycles. The first-order valence-electron chi connectivity index (χ1n) is 6.38. The molecule has 1 amide bonds. The quantitative estimate of drug-likeness (QED) is 0.909. The number of carbonyl (C=O) groups is 1. The smallest absolute Gasteiger partial charge is 0.258 e. The van der Waals surface area contributed by atoms with Crippen molar-refractivity contribution in [1.82, 2.24) is 5.32 Å². The number of benzene rings is 2. The Morgan fingerprint density at radius 2 is 1.80 bits per heavy atom. The Morgan fingerprint density at radius 3 is 2.45 bits per heavy atom. The van der Waals surface area contributed by atoms with Gasteiger partial charge in [-0.05, 0) is 36.8 Å². The van der Waals surface area contributed by atoms with Crippen LogP contribution in [-0.2, 0) is 4.79 Å². The lowest BCUT2D eigenvalue weighted by Gasteiger charge is -2.14. The molecule has 0 aliphatic carbocycles. The predicted octanol–water partition coefficient (Wildman–Crippen LogP) is 3.08. The van der Waals surface area contributed by atoms with Crippen molar-refractivity contribution in [2.24, 2.45) is 0 Å². The van der Waals surface area contributed by atoms with Crippen molar-refractivity contribution in [3.63, 3.8) is 0 Å². The SMILES string of the molecule is C[C@@H](NC(=O)COc1ccccc1)c1ccc(F)cc1. The molecule has 1 N–H and O–H groups in total. The third-order valence-electron chi connectivity index (χ3n) is 2.86. The first kappa shape index (κ1) is 14.1. The first-order chi connectivity index (χ1) is 9.65. The van der Waals surface area contributed by atoms with Crippen molar-refractivity contribution < 1.29 is 13.9 Å². The fourth-order valence-corrected chi connectivity index (χ4v) is 1.78. The lowest BCUT2D eigenvalue weighted by atomic mass is 10.1. The molecule has 0 aliphatic heterocycles. The second-order valence-electron chi connectivity index (χ2n) is 4.44. The molecule has 0 saturated carbocycles. The van der Waals surface area contributed by atoms with Crippen LogP contribution < -0.4 is 10.1 Å². The van der Waals surface area contributed by atoms with Crippen molar-refractivity contribution in [2.45, 2.75) is 13.0 Å². The molecule has 3 nitrogen and oxygen atoms in total. The van der Waals surface area contributed by atoms with Crippen LogP contribution in [0.2, 0.25) is 0 Å². The number of ether oxygens (including phenoxy) is 1. The molecular weight excluding hydrogens is 257 g/mol. The Bertz CT molecular complexity index is 554. The van der Waals surface area contributed by atoms with Gasteiger partial charge < -0.3 is 10.1 Å². The van der Waals surface area contributed by atoms with Crippen LogP contribution in [0.4, 0.5) is 4.39 Å². The molecule has 0 saturated heterocycles. The zero-order chi connectivity index (χ0) is 14.4. The summed E-state index contributed by atoms with van der Waals surface area (Å²) >= 11 is 0. The Labute approximate surface area is 117 Å². The van der Waals surface area contributed by atoms with Crippen LogP contribution in [0.25, 0.3) is 0 Å². The summed E-state index contributed by atoms with van der Waals surface area (Å²) in [5.74, 6) is 0.141. The van der Waals surface area contributed by atoms with E-state index in [2.05, 4.69) is 5.32 Å². The monoisotopic (exact) mass is 273 g/mol. The number of nitrogens with one attached hydrogen (secondary N) is 1. The van der Waals surface area contributed by atoms with Crippen molar-refractivity contribution in [3.8, 4) is 5.75 Å². The third kappa shape index (κ3) is 4.09. The minimum atomic E-state index is -0.292. The number of hydrogen-bond acceptors (Lipinski definition) is 2. The normalized spacial score (nSPS) is 11.7. The molecule has 2 aromatic carbocycles. The van der Waals surface area contributed by atoms with Crippen LogP contribution in [0.5, 0.6) is 5.75 Å². The molecule has 4 heteroatoms. The molecule has 0 aromatic heterocycles. The third-order valence-corrected chi connectivity index (χ3v) is 2.86. The number of hydrogen-bond donors (Lipinski definition) is 1. The molecule has 0 bridgehead atoms. The van der Waals surface area contributed by atoms with E-state index in [9.17, 15) is 9.18 Å². The molecule has 104 valence electrons. The largest absolute Gasteiger partial charge is 0.484 e. The maximum absolute atomic E-state index is 12.8. The van der Waals surface area contributed by atoms with E-state index >= 15 is 0 Å². The molecule has 2 aromatic rings. The summed E-state index contributed by atoms with van der Waals surface area (Å²) in [6.45, 7) is 1.79. The van der Waals surface area contributed by atoms with Gasteiger partial charge in [0.2, 0.25) is 0 Å². The van der Waals surface area contributed by atoms with E-state index in [1.807, 2.05) is 25.1 Å². The van der Waals surface area contributed by atoms with Gasteiger partial charge in [-0.15, -0.1) is 0 Å². The Kier molecular flexibility index (Phi) is 4.71. The summed E-state index contributed by atoms with van der Waals surface area (Å²) < 4.78 is 18.2. The molecule has 0 unspecified atom stereocenters. The van der Waals surface area contributed by atoms with Gasteiger partial charge in [-0.3, -0.25) is 4.79 Å². The van der Waals surface area contributed by atoms with Crippen molar-refractivity contribution in [3.05, 3.63) is 66.0 Å². The second-order valence-corrected chi connectivity index (χ2v) is 4.44. The summed E-state index contributed by atoms with van der Waals surface area (Å²) in [7, 11) is 0. The maximum atomic E-state index is 12.8. The van der Waals surface area contributed by atoms with Crippen LogP contribution in [-0.4, -0.2) is 12.5 Å². The van der Waals surface area contributed by atoms with E-state index in [0.717, 1.165) is 5.56 Å². The number of para-hydroxylation sites is 1. The summed E-state index contributed by atoms with van der Waals surface area (Å²) in [4.78, 5) is 11.8. The van der Waals surface area contributed by atoms with Crippen LogP contribution in [0.3, 0.4) is 0 Å². The molecule has 1 atom stereocenters. The van der Waals surface area contributed by atoms with Crippen molar-refractivity contribution in [2.75, 3.05) is 6.61 Å². The van der Waals surface area contributed by atoms with Gasteiger partial charge in [-0.1, -0.05) is 30.3 Å². The minimum Gasteiger partial charge on any atom is -0.484 e. The summed E-state index contributed by atoms with van der Waals surface area (Å²) in [5, 5.41) is 2.80. The molecule has 20 heavy (non-hydrogen) atoms. The van der Waals surface area contributed by atoms with E-state index in [4.69, 9.17) is 4.74 Å². The number of carbonyl (C=O) groups excluding carboxylic acids is 1. The molecule has 2 rings (SSSR count). The van der Waals surface area contributed by atoms with Gasteiger partial charge >= 0.3 is 0 Å². The van der Waals surface area contributed by atoms with Gasteiger partial charge in [0.15, 0.2) is 6.61 Å². The lowest BCUT2D eigenvalue weighted by molar-refractivity contribution is -0.123. The van der Waals surface area contributed by atoms with Crippen LogP contribution in [0.15, 0.2) is 54.6 Å². The molecular formula is C16H16FNO2. The zero-order valence-electron chi connectivity index (χ0n) is 11.2. The Balaban J connectivity index is 1.83. The fourth-order valence-electron chi connectivity index (χ4n) is 1.78. The molecule has 0 radical (unpaired) electrons. The van der Waals surface area contributed by atoms with E-state index in [1.54, 1.807) is 24.3 Å². The van der Waals surface area contributed by atoms with Crippen LogP contribution >= 0.6 is 0 Å². The maximum Gasteiger partial charge on any atom is 0.258 e. The van der Waals surface area contributed by atoms with Gasteiger partial charge in [0, 0.05) is 0 Å². The highest BCUT2D eigenvalue weighted by molar-refractivity contribution is 5.78. The number of halogens is 1. The topological polar surface area (TPSA) is 38.3 Å². The average Bonchev–Trinajstić information content (AvgIpc) is 2.47. The van der Waals surface area contributed by atoms with Gasteiger partial charge in [0.1, 0.15) is 11.6 Å². The van der Waals surface area contributed by atoms with E-state index in [-0.39, 0.29) is 24.4 Å². The molecule has 0 fully saturated rings. The summed E-state index contributed by atoms with van der Waals surface area (Å²) in [6, 6.07) is 15.0. The molecule has 0 aliphatic rings. The highest BCUT2D eigenvalue weighted by Crippen LogP contribution is 2.13.